The topological polar surface area (TPSA) is 109 Å². The third kappa shape index (κ3) is 7.33. The molecule has 1 saturated heterocycles. The molecule has 2 aromatic carbocycles. The van der Waals surface area contributed by atoms with Gasteiger partial charge >= 0.3 is 5.97 Å². The van der Waals surface area contributed by atoms with Crippen LogP contribution >= 0.6 is 0 Å². The summed E-state index contributed by atoms with van der Waals surface area (Å²) >= 11 is 0. The Morgan fingerprint density at radius 2 is 1.76 bits per heavy atom. The lowest BCUT2D eigenvalue weighted by atomic mass is 10.0. The number of esters is 1. The van der Waals surface area contributed by atoms with E-state index in [4.69, 9.17) is 18.9 Å². The molecule has 1 amide bonds. The molecule has 38 heavy (non-hydrogen) atoms. The molecular weight excluding hydrogens is 493 g/mol. The normalized spacial score (nSPS) is 17.0. The molecule has 200 valence electrons. The first-order valence-corrected chi connectivity index (χ1v) is 12.4. The average Bonchev–Trinajstić information content (AvgIpc) is 2.92. The standard InChI is InChI=1S/C28H30FN3O6/c1-3-35-24(33)14-30-28(34)26-27(38-15-19-7-5-4-6-8-19)18(2)31-23(32-26)13-25-36-16-21(17-37-25)20-9-11-22(29)12-10-20/h4-12,21,25H,3,13-17H2,1-2H3,(H,30,34). The van der Waals surface area contributed by atoms with Crippen molar-refractivity contribution in [2.24, 2.45) is 0 Å². The molecule has 2 heterocycles. The molecule has 1 aliphatic heterocycles. The Morgan fingerprint density at radius 1 is 1.05 bits per heavy atom. The second kappa shape index (κ2) is 13.1. The largest absolute Gasteiger partial charge is 0.485 e. The number of nitrogens with zero attached hydrogens (tertiary/aromatic N) is 2. The molecule has 0 aliphatic carbocycles. The fourth-order valence-corrected chi connectivity index (χ4v) is 3.95. The quantitative estimate of drug-likeness (QED) is 0.403. The third-order valence-corrected chi connectivity index (χ3v) is 5.88. The Bertz CT molecular complexity index is 1230. The number of aromatic nitrogens is 2. The monoisotopic (exact) mass is 523 g/mol. The summed E-state index contributed by atoms with van der Waals surface area (Å²) in [5.74, 6) is -0.905. The van der Waals surface area contributed by atoms with E-state index in [1.165, 1.54) is 12.1 Å². The van der Waals surface area contributed by atoms with E-state index in [0.29, 0.717) is 24.7 Å². The summed E-state index contributed by atoms with van der Waals surface area (Å²) in [6.45, 7) is 4.31. The summed E-state index contributed by atoms with van der Waals surface area (Å²) in [7, 11) is 0. The first-order chi connectivity index (χ1) is 18.4. The number of benzene rings is 2. The van der Waals surface area contributed by atoms with Gasteiger partial charge in [-0.1, -0.05) is 42.5 Å². The third-order valence-electron chi connectivity index (χ3n) is 5.88. The summed E-state index contributed by atoms with van der Waals surface area (Å²) in [6, 6.07) is 15.7. The molecule has 1 fully saturated rings. The van der Waals surface area contributed by atoms with Gasteiger partial charge in [0.05, 0.1) is 31.9 Å². The van der Waals surface area contributed by atoms with Gasteiger partial charge in [-0.05, 0) is 37.1 Å². The van der Waals surface area contributed by atoms with Crippen LogP contribution in [0.4, 0.5) is 4.39 Å². The lowest BCUT2D eigenvalue weighted by Crippen LogP contribution is -2.34. The maximum Gasteiger partial charge on any atom is 0.325 e. The summed E-state index contributed by atoms with van der Waals surface area (Å²) in [4.78, 5) is 33.8. The number of carbonyl (C=O) groups is 2. The van der Waals surface area contributed by atoms with Crippen molar-refractivity contribution in [2.75, 3.05) is 26.4 Å². The van der Waals surface area contributed by atoms with Crippen LogP contribution in [0, 0.1) is 12.7 Å². The fourth-order valence-electron chi connectivity index (χ4n) is 3.95. The first kappa shape index (κ1) is 27.2. The zero-order valence-corrected chi connectivity index (χ0v) is 21.3. The minimum absolute atomic E-state index is 0.00716. The van der Waals surface area contributed by atoms with Crippen molar-refractivity contribution < 1.29 is 32.9 Å². The van der Waals surface area contributed by atoms with Crippen LogP contribution in [0.1, 0.15) is 46.0 Å². The molecule has 1 aliphatic rings. The lowest BCUT2D eigenvalue weighted by molar-refractivity contribution is -0.186. The molecule has 1 aromatic heterocycles. The smallest absolute Gasteiger partial charge is 0.325 e. The maximum atomic E-state index is 13.2. The van der Waals surface area contributed by atoms with Gasteiger partial charge in [0.2, 0.25) is 0 Å². The predicted octanol–water partition coefficient (Wildman–Crippen LogP) is 3.50. The molecular formula is C28H30FN3O6. The van der Waals surface area contributed by atoms with Crippen LogP contribution in [0.3, 0.4) is 0 Å². The van der Waals surface area contributed by atoms with Crippen LogP contribution < -0.4 is 10.1 Å². The van der Waals surface area contributed by atoms with Gasteiger partial charge in [0.1, 0.15) is 24.8 Å². The van der Waals surface area contributed by atoms with Crippen LogP contribution in [-0.2, 0) is 32.0 Å². The molecule has 10 heteroatoms. The molecule has 0 spiro atoms. The minimum Gasteiger partial charge on any atom is -0.485 e. The van der Waals surface area contributed by atoms with E-state index in [0.717, 1.165) is 11.1 Å². The number of nitrogens with one attached hydrogen (secondary N) is 1. The van der Waals surface area contributed by atoms with E-state index in [1.54, 1.807) is 26.0 Å². The van der Waals surface area contributed by atoms with E-state index in [9.17, 15) is 14.0 Å². The van der Waals surface area contributed by atoms with E-state index in [2.05, 4.69) is 15.3 Å². The minimum atomic E-state index is -0.613. The molecule has 0 saturated carbocycles. The van der Waals surface area contributed by atoms with Gasteiger partial charge in [-0.2, -0.15) is 0 Å². The summed E-state index contributed by atoms with van der Waals surface area (Å²) in [5.41, 5.74) is 2.31. The fraction of sp³-hybridized carbons (Fsp3) is 0.357. The van der Waals surface area contributed by atoms with Crippen LogP contribution in [0.25, 0.3) is 0 Å². The van der Waals surface area contributed by atoms with Crippen LogP contribution in [0.5, 0.6) is 5.75 Å². The van der Waals surface area contributed by atoms with Gasteiger partial charge in [0, 0.05) is 5.92 Å². The van der Waals surface area contributed by atoms with Gasteiger partial charge in [-0.25, -0.2) is 14.4 Å². The first-order valence-electron chi connectivity index (χ1n) is 12.4. The number of amides is 1. The number of hydrogen-bond acceptors (Lipinski definition) is 8. The number of ether oxygens (including phenoxy) is 4. The molecule has 3 aromatic rings. The van der Waals surface area contributed by atoms with Crippen LogP contribution in [-0.4, -0.2) is 54.5 Å². The highest BCUT2D eigenvalue weighted by molar-refractivity contribution is 5.96. The number of carbonyl (C=O) groups excluding carboxylic acids is 2. The average molecular weight is 524 g/mol. The number of hydrogen-bond donors (Lipinski definition) is 1. The van der Waals surface area contributed by atoms with Crippen molar-refractivity contribution in [1.29, 1.82) is 0 Å². The maximum absolute atomic E-state index is 13.2. The summed E-state index contributed by atoms with van der Waals surface area (Å²) in [6.07, 6.45) is -0.411. The predicted molar refractivity (Wildman–Crippen MR) is 135 cm³/mol. The van der Waals surface area contributed by atoms with Gasteiger partial charge < -0.3 is 24.3 Å². The Labute approximate surface area is 220 Å². The SMILES string of the molecule is CCOC(=O)CNC(=O)c1nc(CC2OCC(c3ccc(F)cc3)CO2)nc(C)c1OCc1ccccc1. The molecule has 4 rings (SSSR count). The van der Waals surface area contributed by atoms with E-state index in [-0.39, 0.29) is 49.4 Å². The Kier molecular flexibility index (Phi) is 9.34. The highest BCUT2D eigenvalue weighted by atomic mass is 19.1. The van der Waals surface area contributed by atoms with Crippen molar-refractivity contribution >= 4 is 11.9 Å². The van der Waals surface area contributed by atoms with Crippen molar-refractivity contribution in [3.05, 3.63) is 88.8 Å². The number of halogens is 1. The molecule has 0 radical (unpaired) electrons. The Balaban J connectivity index is 1.47. The molecule has 1 N–H and O–H groups in total. The van der Waals surface area contributed by atoms with Crippen molar-refractivity contribution in [2.45, 2.75) is 39.1 Å². The van der Waals surface area contributed by atoms with Gasteiger partial charge in [-0.3, -0.25) is 9.59 Å². The second-order valence-electron chi connectivity index (χ2n) is 8.71. The number of aryl methyl sites for hydroxylation is 1. The zero-order chi connectivity index (χ0) is 26.9. The van der Waals surface area contributed by atoms with E-state index >= 15 is 0 Å². The van der Waals surface area contributed by atoms with Crippen molar-refractivity contribution in [1.82, 2.24) is 15.3 Å². The van der Waals surface area contributed by atoms with Gasteiger partial charge in [0.15, 0.2) is 17.7 Å². The number of rotatable bonds is 10. The molecule has 9 nitrogen and oxygen atoms in total. The summed E-state index contributed by atoms with van der Waals surface area (Å²) < 4.78 is 35.8. The molecule has 0 unspecified atom stereocenters. The molecule has 0 atom stereocenters. The Hall–Kier alpha value is -3.89. The zero-order valence-electron chi connectivity index (χ0n) is 21.3. The highest BCUT2D eigenvalue weighted by Crippen LogP contribution is 2.26. The molecule has 0 bridgehead atoms. The Morgan fingerprint density at radius 3 is 2.45 bits per heavy atom. The highest BCUT2D eigenvalue weighted by Gasteiger charge is 2.27. The lowest BCUT2D eigenvalue weighted by Gasteiger charge is -2.29. The van der Waals surface area contributed by atoms with Crippen LogP contribution in [0.2, 0.25) is 0 Å². The van der Waals surface area contributed by atoms with Crippen molar-refractivity contribution in [3.8, 4) is 5.75 Å². The second-order valence-corrected chi connectivity index (χ2v) is 8.71. The van der Waals surface area contributed by atoms with Crippen molar-refractivity contribution in [3.63, 3.8) is 0 Å². The van der Waals surface area contributed by atoms with E-state index in [1.807, 2.05) is 30.3 Å². The van der Waals surface area contributed by atoms with E-state index < -0.39 is 18.2 Å². The van der Waals surface area contributed by atoms with Crippen LogP contribution in [0.15, 0.2) is 54.6 Å². The van der Waals surface area contributed by atoms with Gasteiger partial charge in [0.25, 0.3) is 5.91 Å². The summed E-state index contributed by atoms with van der Waals surface area (Å²) in [5, 5.41) is 2.54. The van der Waals surface area contributed by atoms with Gasteiger partial charge in [-0.15, -0.1) is 0 Å².